The van der Waals surface area contributed by atoms with Crippen LogP contribution in [0.5, 0.6) is 0 Å². The molecular formula is C16H24O3S. The second kappa shape index (κ2) is 7.70. The van der Waals surface area contributed by atoms with Crippen LogP contribution >= 0.6 is 11.8 Å². The predicted molar refractivity (Wildman–Crippen MR) is 83.1 cm³/mol. The molecule has 0 aliphatic carbocycles. The van der Waals surface area contributed by atoms with Crippen LogP contribution in [0.15, 0.2) is 29.2 Å². The summed E-state index contributed by atoms with van der Waals surface area (Å²) in [7, 11) is 0. The Morgan fingerprint density at radius 3 is 2.40 bits per heavy atom. The highest BCUT2D eigenvalue weighted by Crippen LogP contribution is 2.26. The normalized spacial score (nSPS) is 13.1. The minimum atomic E-state index is -0.665. The van der Waals surface area contributed by atoms with Crippen LogP contribution in [0.4, 0.5) is 0 Å². The third kappa shape index (κ3) is 5.97. The van der Waals surface area contributed by atoms with E-state index in [-0.39, 0.29) is 17.8 Å². The monoisotopic (exact) mass is 296 g/mol. The van der Waals surface area contributed by atoms with Crippen molar-refractivity contribution in [2.24, 2.45) is 0 Å². The molecule has 0 fully saturated rings. The first-order chi connectivity index (χ1) is 9.32. The topological polar surface area (TPSA) is 46.5 Å². The summed E-state index contributed by atoms with van der Waals surface area (Å²) in [6.07, 6.45) is -0.609. The lowest BCUT2D eigenvalue weighted by Crippen LogP contribution is -2.17. The van der Waals surface area contributed by atoms with Gasteiger partial charge in [-0.1, -0.05) is 32.9 Å². The third-order valence-electron chi connectivity index (χ3n) is 2.87. The molecule has 0 saturated heterocycles. The Morgan fingerprint density at radius 2 is 1.90 bits per heavy atom. The Kier molecular flexibility index (Phi) is 6.56. The molecular weight excluding hydrogens is 272 g/mol. The van der Waals surface area contributed by atoms with Crippen LogP contribution in [0.1, 0.15) is 39.7 Å². The SMILES string of the molecule is CCOC(=O)CC(O)CSc1ccc(C(C)(C)C)cc1. The first-order valence-corrected chi connectivity index (χ1v) is 7.88. The second-order valence-electron chi connectivity index (χ2n) is 5.75. The fourth-order valence-corrected chi connectivity index (χ4v) is 2.55. The molecule has 0 aromatic heterocycles. The van der Waals surface area contributed by atoms with Crippen molar-refractivity contribution in [2.75, 3.05) is 12.4 Å². The molecule has 0 aliphatic heterocycles. The number of benzene rings is 1. The Morgan fingerprint density at radius 1 is 1.30 bits per heavy atom. The molecule has 1 N–H and O–H groups in total. The van der Waals surface area contributed by atoms with E-state index < -0.39 is 6.10 Å². The molecule has 0 amide bonds. The molecule has 0 bridgehead atoms. The van der Waals surface area contributed by atoms with Crippen molar-refractivity contribution in [1.29, 1.82) is 0 Å². The summed E-state index contributed by atoms with van der Waals surface area (Å²) in [4.78, 5) is 12.3. The molecule has 0 radical (unpaired) electrons. The molecule has 0 aliphatic rings. The number of aliphatic hydroxyl groups excluding tert-OH is 1. The van der Waals surface area contributed by atoms with E-state index >= 15 is 0 Å². The predicted octanol–water partition coefficient (Wildman–Crippen LogP) is 3.39. The van der Waals surface area contributed by atoms with Crippen LogP contribution < -0.4 is 0 Å². The maximum atomic E-state index is 11.2. The second-order valence-corrected chi connectivity index (χ2v) is 6.84. The van der Waals surface area contributed by atoms with Gasteiger partial charge in [0.05, 0.1) is 19.1 Å². The molecule has 112 valence electrons. The molecule has 0 heterocycles. The molecule has 4 heteroatoms. The van der Waals surface area contributed by atoms with E-state index in [4.69, 9.17) is 4.74 Å². The van der Waals surface area contributed by atoms with Gasteiger partial charge in [-0.3, -0.25) is 4.79 Å². The largest absolute Gasteiger partial charge is 0.466 e. The summed E-state index contributed by atoms with van der Waals surface area (Å²) >= 11 is 1.55. The summed E-state index contributed by atoms with van der Waals surface area (Å²) < 4.78 is 4.81. The highest BCUT2D eigenvalue weighted by atomic mass is 32.2. The molecule has 1 unspecified atom stereocenters. The maximum absolute atomic E-state index is 11.2. The molecule has 1 aromatic carbocycles. The van der Waals surface area contributed by atoms with Crippen molar-refractivity contribution in [1.82, 2.24) is 0 Å². The Hall–Kier alpha value is -1.00. The summed E-state index contributed by atoms with van der Waals surface area (Å²) in [5, 5.41) is 9.77. The van der Waals surface area contributed by atoms with Gasteiger partial charge in [0, 0.05) is 10.6 Å². The van der Waals surface area contributed by atoms with Gasteiger partial charge in [0.1, 0.15) is 0 Å². The number of ether oxygens (including phenoxy) is 1. The lowest BCUT2D eigenvalue weighted by atomic mass is 9.87. The number of thioether (sulfide) groups is 1. The molecule has 1 rings (SSSR count). The standard InChI is InChI=1S/C16H24O3S/c1-5-19-15(18)10-13(17)11-20-14-8-6-12(7-9-14)16(2,3)4/h6-9,13,17H,5,10-11H2,1-4H3. The van der Waals surface area contributed by atoms with Gasteiger partial charge in [-0.15, -0.1) is 11.8 Å². The first kappa shape index (κ1) is 17.1. The summed E-state index contributed by atoms with van der Waals surface area (Å²) in [6.45, 7) is 8.65. The molecule has 1 atom stereocenters. The highest BCUT2D eigenvalue weighted by molar-refractivity contribution is 7.99. The van der Waals surface area contributed by atoms with Gasteiger partial charge in [-0.05, 0) is 30.0 Å². The van der Waals surface area contributed by atoms with Crippen LogP contribution in [0, 0.1) is 0 Å². The average molecular weight is 296 g/mol. The summed E-state index contributed by atoms with van der Waals surface area (Å²) in [5.74, 6) is 0.150. The average Bonchev–Trinajstić information content (AvgIpc) is 2.36. The zero-order chi connectivity index (χ0) is 15.2. The van der Waals surface area contributed by atoms with Crippen LogP contribution in [0.25, 0.3) is 0 Å². The van der Waals surface area contributed by atoms with Crippen molar-refractivity contribution in [3.8, 4) is 0 Å². The third-order valence-corrected chi connectivity index (χ3v) is 4.03. The summed E-state index contributed by atoms with van der Waals surface area (Å²) in [6, 6.07) is 8.34. The molecule has 0 spiro atoms. The lowest BCUT2D eigenvalue weighted by molar-refractivity contribution is -0.144. The first-order valence-electron chi connectivity index (χ1n) is 6.90. The fourth-order valence-electron chi connectivity index (χ4n) is 1.71. The minimum Gasteiger partial charge on any atom is -0.466 e. The Balaban J connectivity index is 2.44. The van der Waals surface area contributed by atoms with E-state index in [1.165, 1.54) is 5.56 Å². The van der Waals surface area contributed by atoms with Gasteiger partial charge in [0.25, 0.3) is 0 Å². The van der Waals surface area contributed by atoms with Gasteiger partial charge in [-0.2, -0.15) is 0 Å². The van der Waals surface area contributed by atoms with Crippen LogP contribution in [0.3, 0.4) is 0 Å². The van der Waals surface area contributed by atoms with E-state index in [1.54, 1.807) is 18.7 Å². The Labute approximate surface area is 125 Å². The number of carbonyl (C=O) groups is 1. The van der Waals surface area contributed by atoms with Crippen molar-refractivity contribution in [2.45, 2.75) is 50.5 Å². The lowest BCUT2D eigenvalue weighted by Gasteiger charge is -2.19. The zero-order valence-electron chi connectivity index (χ0n) is 12.7. The van der Waals surface area contributed by atoms with Crippen molar-refractivity contribution < 1.29 is 14.6 Å². The van der Waals surface area contributed by atoms with Crippen LogP contribution in [-0.2, 0) is 14.9 Å². The van der Waals surface area contributed by atoms with E-state index in [9.17, 15) is 9.90 Å². The maximum Gasteiger partial charge on any atom is 0.308 e. The van der Waals surface area contributed by atoms with Gasteiger partial charge < -0.3 is 9.84 Å². The van der Waals surface area contributed by atoms with E-state index in [2.05, 4.69) is 45.0 Å². The molecule has 0 saturated carbocycles. The molecule has 1 aromatic rings. The van der Waals surface area contributed by atoms with Crippen molar-refractivity contribution in [3.05, 3.63) is 29.8 Å². The van der Waals surface area contributed by atoms with Crippen LogP contribution in [0.2, 0.25) is 0 Å². The van der Waals surface area contributed by atoms with Crippen molar-refractivity contribution in [3.63, 3.8) is 0 Å². The highest BCUT2D eigenvalue weighted by Gasteiger charge is 2.14. The van der Waals surface area contributed by atoms with Gasteiger partial charge in [0.15, 0.2) is 0 Å². The van der Waals surface area contributed by atoms with E-state index in [0.29, 0.717) is 12.4 Å². The number of aliphatic hydroxyl groups is 1. The number of hydrogen-bond acceptors (Lipinski definition) is 4. The van der Waals surface area contributed by atoms with Crippen molar-refractivity contribution >= 4 is 17.7 Å². The van der Waals surface area contributed by atoms with Gasteiger partial charge >= 0.3 is 5.97 Å². The van der Waals surface area contributed by atoms with E-state index in [1.807, 2.05) is 0 Å². The zero-order valence-corrected chi connectivity index (χ0v) is 13.5. The van der Waals surface area contributed by atoms with Gasteiger partial charge in [0.2, 0.25) is 0 Å². The quantitative estimate of drug-likeness (QED) is 0.645. The summed E-state index contributed by atoms with van der Waals surface area (Å²) in [5.41, 5.74) is 1.43. The number of hydrogen-bond donors (Lipinski definition) is 1. The smallest absolute Gasteiger partial charge is 0.308 e. The Bertz CT molecular complexity index is 420. The molecule has 20 heavy (non-hydrogen) atoms. The van der Waals surface area contributed by atoms with E-state index in [0.717, 1.165) is 4.90 Å². The minimum absolute atomic E-state index is 0.0565. The van der Waals surface area contributed by atoms with Gasteiger partial charge in [-0.25, -0.2) is 0 Å². The number of esters is 1. The molecule has 3 nitrogen and oxygen atoms in total. The van der Waals surface area contributed by atoms with Crippen LogP contribution in [-0.4, -0.2) is 29.5 Å². The number of rotatable bonds is 6. The fraction of sp³-hybridized carbons (Fsp3) is 0.562. The number of carbonyl (C=O) groups excluding carboxylic acids is 1.